The van der Waals surface area contributed by atoms with E-state index in [1.54, 1.807) is 23.9 Å². The first-order valence-corrected chi connectivity index (χ1v) is 8.62. The van der Waals surface area contributed by atoms with Crippen LogP contribution in [0.5, 0.6) is 0 Å². The van der Waals surface area contributed by atoms with Crippen LogP contribution in [0, 0.1) is 0 Å². The Labute approximate surface area is 151 Å². The maximum absolute atomic E-state index is 12.4. The lowest BCUT2D eigenvalue weighted by Crippen LogP contribution is -2.32. The summed E-state index contributed by atoms with van der Waals surface area (Å²) in [5.41, 5.74) is 2.24. The Balaban J connectivity index is 1.58. The predicted octanol–water partition coefficient (Wildman–Crippen LogP) is 1.93. The minimum Gasteiger partial charge on any atom is -0.380 e. The summed E-state index contributed by atoms with van der Waals surface area (Å²) in [5.74, 6) is 0.670. The van der Waals surface area contributed by atoms with E-state index in [-0.39, 0.29) is 5.56 Å². The van der Waals surface area contributed by atoms with Gasteiger partial charge in [-0.2, -0.15) is 0 Å². The molecule has 1 aromatic carbocycles. The summed E-state index contributed by atoms with van der Waals surface area (Å²) in [6.45, 7) is 1.64. The Morgan fingerprint density at radius 1 is 1.15 bits per heavy atom. The molecule has 2 aromatic heterocycles. The van der Waals surface area contributed by atoms with Gasteiger partial charge in [-0.1, -0.05) is 18.2 Å². The number of rotatable bonds is 4. The molecule has 1 saturated heterocycles. The largest absolute Gasteiger partial charge is 0.380 e. The van der Waals surface area contributed by atoms with Crippen molar-refractivity contribution in [1.29, 1.82) is 0 Å². The van der Waals surface area contributed by atoms with Crippen LogP contribution < -0.4 is 15.8 Å². The van der Waals surface area contributed by atoms with E-state index < -0.39 is 0 Å². The third kappa shape index (κ3) is 3.28. The molecule has 3 heterocycles. The Morgan fingerprint density at radius 3 is 2.77 bits per heavy atom. The van der Waals surface area contributed by atoms with E-state index in [0.29, 0.717) is 23.4 Å². The zero-order valence-corrected chi connectivity index (χ0v) is 14.5. The first-order valence-electron chi connectivity index (χ1n) is 8.62. The fourth-order valence-electron chi connectivity index (χ4n) is 3.21. The zero-order chi connectivity index (χ0) is 17.9. The van der Waals surface area contributed by atoms with Crippen molar-refractivity contribution in [1.82, 2.24) is 19.5 Å². The van der Waals surface area contributed by atoms with Crippen LogP contribution >= 0.6 is 0 Å². The summed E-state index contributed by atoms with van der Waals surface area (Å²) < 4.78 is 1.59. The molecule has 7 heteroatoms. The summed E-state index contributed by atoms with van der Waals surface area (Å²) >= 11 is 0. The van der Waals surface area contributed by atoms with Crippen LogP contribution in [-0.4, -0.2) is 38.7 Å². The average molecular weight is 348 g/mol. The summed E-state index contributed by atoms with van der Waals surface area (Å²) in [7, 11) is 1.76. The molecule has 1 aliphatic heterocycles. The molecule has 1 N–H and O–H groups in total. The highest BCUT2D eigenvalue weighted by atomic mass is 16.1. The topological polar surface area (TPSA) is 75.9 Å². The molecule has 0 saturated carbocycles. The van der Waals surface area contributed by atoms with Gasteiger partial charge in [0.1, 0.15) is 6.33 Å². The second-order valence-corrected chi connectivity index (χ2v) is 6.38. The van der Waals surface area contributed by atoms with Crippen molar-refractivity contribution in [3.63, 3.8) is 0 Å². The molecule has 0 spiro atoms. The molecule has 3 aromatic rings. The number of benzene rings is 1. The van der Waals surface area contributed by atoms with E-state index in [0.717, 1.165) is 25.2 Å². The Hall–Kier alpha value is -3.22. The van der Waals surface area contributed by atoms with Gasteiger partial charge in [-0.3, -0.25) is 9.36 Å². The van der Waals surface area contributed by atoms with E-state index in [4.69, 9.17) is 4.98 Å². The van der Waals surface area contributed by atoms with Gasteiger partial charge >= 0.3 is 0 Å². The molecule has 26 heavy (non-hydrogen) atoms. The van der Waals surface area contributed by atoms with Crippen LogP contribution in [0.2, 0.25) is 0 Å². The summed E-state index contributed by atoms with van der Waals surface area (Å²) in [5, 5.41) is 3.54. The fraction of sp³-hybridized carbons (Fsp3) is 0.263. The molecule has 1 atom stereocenters. The van der Waals surface area contributed by atoms with Gasteiger partial charge in [0.2, 0.25) is 5.95 Å². The highest BCUT2D eigenvalue weighted by molar-refractivity contribution is 5.55. The Bertz CT molecular complexity index is 941. The van der Waals surface area contributed by atoms with Crippen molar-refractivity contribution in [3.05, 3.63) is 65.3 Å². The van der Waals surface area contributed by atoms with Gasteiger partial charge in [-0.15, -0.1) is 0 Å². The monoisotopic (exact) mass is 348 g/mol. The van der Waals surface area contributed by atoms with Crippen molar-refractivity contribution in [2.45, 2.75) is 12.5 Å². The smallest absolute Gasteiger partial charge is 0.255 e. The number of nitrogens with zero attached hydrogens (tertiary/aromatic N) is 5. The molecule has 0 aliphatic carbocycles. The van der Waals surface area contributed by atoms with Crippen molar-refractivity contribution in [2.24, 2.45) is 7.05 Å². The van der Waals surface area contributed by atoms with Crippen molar-refractivity contribution in [2.75, 3.05) is 23.3 Å². The predicted molar refractivity (Wildman–Crippen MR) is 101 cm³/mol. The average Bonchev–Trinajstić information content (AvgIpc) is 3.13. The van der Waals surface area contributed by atoms with Crippen molar-refractivity contribution in [3.8, 4) is 11.4 Å². The third-order valence-corrected chi connectivity index (χ3v) is 4.57. The Kier molecular flexibility index (Phi) is 4.35. The lowest BCUT2D eigenvalue weighted by Gasteiger charge is -2.21. The Morgan fingerprint density at radius 2 is 2.00 bits per heavy atom. The fourth-order valence-corrected chi connectivity index (χ4v) is 3.21. The number of anilines is 2. The highest BCUT2D eigenvalue weighted by Gasteiger charge is 2.25. The van der Waals surface area contributed by atoms with E-state index in [2.05, 4.69) is 32.3 Å². The first-order chi connectivity index (χ1) is 12.7. The SMILES string of the molecule is Cn1c(N2CC[C@@H](Nc3ccccc3)C2)nc(-c2ccncn2)cc1=O. The molecule has 7 nitrogen and oxygen atoms in total. The molecule has 0 unspecified atom stereocenters. The minimum absolute atomic E-state index is 0.0944. The quantitative estimate of drug-likeness (QED) is 0.776. The first kappa shape index (κ1) is 16.3. The zero-order valence-electron chi connectivity index (χ0n) is 14.5. The summed E-state index contributed by atoms with van der Waals surface area (Å²) in [6, 6.07) is 13.8. The molecule has 0 radical (unpaired) electrons. The van der Waals surface area contributed by atoms with Gasteiger partial charge in [-0.25, -0.2) is 15.0 Å². The maximum Gasteiger partial charge on any atom is 0.255 e. The summed E-state index contributed by atoms with van der Waals surface area (Å²) in [4.78, 5) is 27.4. The van der Waals surface area contributed by atoms with Crippen LogP contribution in [0.25, 0.3) is 11.4 Å². The number of aromatic nitrogens is 4. The van der Waals surface area contributed by atoms with Crippen molar-refractivity contribution >= 4 is 11.6 Å². The van der Waals surface area contributed by atoms with Crippen LogP contribution in [0.3, 0.4) is 0 Å². The summed E-state index contributed by atoms with van der Waals surface area (Å²) in [6.07, 6.45) is 4.10. The van der Waals surface area contributed by atoms with E-state index >= 15 is 0 Å². The number of hydrogen-bond acceptors (Lipinski definition) is 6. The normalized spacial score (nSPS) is 16.7. The lowest BCUT2D eigenvalue weighted by molar-refractivity contribution is 0.759. The van der Waals surface area contributed by atoms with Gasteiger partial charge in [0.15, 0.2) is 0 Å². The van der Waals surface area contributed by atoms with E-state index in [1.165, 1.54) is 12.4 Å². The number of hydrogen-bond donors (Lipinski definition) is 1. The molecule has 1 aliphatic rings. The maximum atomic E-state index is 12.4. The van der Waals surface area contributed by atoms with Crippen LogP contribution in [0.15, 0.2) is 59.8 Å². The van der Waals surface area contributed by atoms with Gasteiger partial charge in [0.25, 0.3) is 5.56 Å². The van der Waals surface area contributed by atoms with E-state index in [9.17, 15) is 4.79 Å². The highest BCUT2D eigenvalue weighted by Crippen LogP contribution is 2.22. The van der Waals surface area contributed by atoms with Crippen LogP contribution in [0.4, 0.5) is 11.6 Å². The molecular weight excluding hydrogens is 328 g/mol. The second kappa shape index (κ2) is 6.95. The number of nitrogens with one attached hydrogen (secondary N) is 1. The van der Waals surface area contributed by atoms with E-state index in [1.807, 2.05) is 18.2 Å². The molecule has 0 bridgehead atoms. The van der Waals surface area contributed by atoms with Crippen molar-refractivity contribution < 1.29 is 0 Å². The molecule has 1 fully saturated rings. The lowest BCUT2D eigenvalue weighted by atomic mass is 10.2. The second-order valence-electron chi connectivity index (χ2n) is 6.38. The molecule has 0 amide bonds. The van der Waals surface area contributed by atoms with Gasteiger partial charge in [-0.05, 0) is 24.6 Å². The molecule has 4 rings (SSSR count). The molecular formula is C19H20N6O. The van der Waals surface area contributed by atoms with Gasteiger partial charge in [0.05, 0.1) is 11.4 Å². The minimum atomic E-state index is -0.0944. The standard InChI is InChI=1S/C19H20N6O/c1-24-18(26)11-17(16-7-9-20-13-21-16)23-19(24)25-10-8-15(12-25)22-14-5-3-2-4-6-14/h2-7,9,11,13,15,22H,8,10,12H2,1H3/t15-/m1/s1. The number of para-hydroxylation sites is 1. The van der Waals surface area contributed by atoms with Gasteiger partial charge in [0, 0.05) is 44.1 Å². The molecule has 132 valence electrons. The van der Waals surface area contributed by atoms with Crippen LogP contribution in [-0.2, 0) is 7.05 Å². The third-order valence-electron chi connectivity index (χ3n) is 4.57. The van der Waals surface area contributed by atoms with Crippen LogP contribution in [0.1, 0.15) is 6.42 Å². The van der Waals surface area contributed by atoms with Gasteiger partial charge < -0.3 is 10.2 Å².